The molecule has 1 saturated heterocycles. The third-order valence-electron chi connectivity index (χ3n) is 5.04. The first-order valence-corrected chi connectivity index (χ1v) is 9.02. The summed E-state index contributed by atoms with van der Waals surface area (Å²) in [5.41, 5.74) is 2.48. The lowest BCUT2D eigenvalue weighted by Crippen LogP contribution is -2.22. The van der Waals surface area contributed by atoms with Crippen molar-refractivity contribution in [2.24, 2.45) is 5.92 Å². The number of aromatic nitrogens is 4. The molecule has 1 aliphatic carbocycles. The van der Waals surface area contributed by atoms with Crippen LogP contribution in [-0.4, -0.2) is 32.7 Å². The van der Waals surface area contributed by atoms with E-state index in [0.717, 1.165) is 41.9 Å². The first-order chi connectivity index (χ1) is 10.8. The Labute approximate surface area is 133 Å². The van der Waals surface area contributed by atoms with E-state index in [1.807, 2.05) is 15.9 Å². The summed E-state index contributed by atoms with van der Waals surface area (Å²) in [6.07, 6.45) is 7.80. The second-order valence-corrected chi connectivity index (χ2v) is 7.72. The topological polar surface area (TPSA) is 46.3 Å². The van der Waals surface area contributed by atoms with Crippen LogP contribution < -0.4 is 4.90 Å². The Kier molecular flexibility index (Phi) is 2.71. The lowest BCUT2D eigenvalue weighted by molar-refractivity contribution is 0.508. The zero-order chi connectivity index (χ0) is 14.7. The first kappa shape index (κ1) is 12.8. The summed E-state index contributed by atoms with van der Waals surface area (Å²) in [7, 11) is 0. The highest BCUT2D eigenvalue weighted by atomic mass is 32.1. The van der Waals surface area contributed by atoms with Crippen molar-refractivity contribution in [1.82, 2.24) is 19.6 Å². The second-order valence-electron chi connectivity index (χ2n) is 6.63. The van der Waals surface area contributed by atoms with E-state index in [4.69, 9.17) is 4.98 Å². The molecule has 0 aromatic carbocycles. The average Bonchev–Trinajstić information content (AvgIpc) is 3.24. The summed E-state index contributed by atoms with van der Waals surface area (Å²) in [4.78, 5) is 14.6. The molecule has 3 aromatic heterocycles. The van der Waals surface area contributed by atoms with E-state index in [1.165, 1.54) is 41.5 Å². The fourth-order valence-corrected chi connectivity index (χ4v) is 5.08. The van der Waals surface area contributed by atoms with E-state index in [1.54, 1.807) is 6.33 Å². The summed E-state index contributed by atoms with van der Waals surface area (Å²) in [5, 5.41) is 5.72. The van der Waals surface area contributed by atoms with Crippen molar-refractivity contribution in [1.29, 1.82) is 0 Å². The van der Waals surface area contributed by atoms with Gasteiger partial charge in [-0.05, 0) is 43.6 Å². The third kappa shape index (κ3) is 1.73. The number of nitrogens with zero attached hydrogens (tertiary/aromatic N) is 5. The highest BCUT2D eigenvalue weighted by Gasteiger charge is 2.26. The Bertz CT molecular complexity index is 858. The highest BCUT2D eigenvalue weighted by molar-refractivity contribution is 7.19. The molecular formula is C16H19N5S. The average molecular weight is 313 g/mol. The number of hydrogen-bond acceptors (Lipinski definition) is 5. The molecule has 22 heavy (non-hydrogen) atoms. The standard InChI is InChI=1S/C16H19N5S/c1-10-4-5-12-11(8-10)13-14-17-9-18-21(14)16(19-15(13)22-12)20-6-2-3-7-20/h9-10H,2-8H2,1H3. The molecule has 0 bridgehead atoms. The SMILES string of the molecule is CC1CCc2sc3nc(N4CCCC4)n4ncnc4c3c2C1. The van der Waals surface area contributed by atoms with Gasteiger partial charge >= 0.3 is 0 Å². The van der Waals surface area contributed by atoms with Crippen molar-refractivity contribution < 1.29 is 0 Å². The fourth-order valence-electron chi connectivity index (χ4n) is 3.87. The Morgan fingerprint density at radius 1 is 1.27 bits per heavy atom. The largest absolute Gasteiger partial charge is 0.341 e. The number of anilines is 1. The fraction of sp³-hybridized carbons (Fsp3) is 0.562. The maximum atomic E-state index is 4.99. The van der Waals surface area contributed by atoms with Gasteiger partial charge in [-0.15, -0.1) is 11.3 Å². The molecule has 3 aromatic rings. The first-order valence-electron chi connectivity index (χ1n) is 8.20. The van der Waals surface area contributed by atoms with E-state index >= 15 is 0 Å². The van der Waals surface area contributed by atoms with Crippen molar-refractivity contribution in [3.8, 4) is 0 Å². The summed E-state index contributed by atoms with van der Waals surface area (Å²) >= 11 is 1.87. The van der Waals surface area contributed by atoms with E-state index in [2.05, 4.69) is 21.9 Å². The van der Waals surface area contributed by atoms with Gasteiger partial charge in [0, 0.05) is 18.0 Å². The molecular weight excluding hydrogens is 294 g/mol. The van der Waals surface area contributed by atoms with E-state index in [0.29, 0.717) is 0 Å². The van der Waals surface area contributed by atoms with E-state index in [-0.39, 0.29) is 0 Å². The van der Waals surface area contributed by atoms with Gasteiger partial charge in [-0.3, -0.25) is 0 Å². The van der Waals surface area contributed by atoms with Crippen molar-refractivity contribution >= 4 is 33.1 Å². The number of hydrogen-bond donors (Lipinski definition) is 0. The molecule has 1 fully saturated rings. The van der Waals surface area contributed by atoms with Gasteiger partial charge in [0.1, 0.15) is 11.2 Å². The third-order valence-corrected chi connectivity index (χ3v) is 6.23. The molecule has 0 radical (unpaired) electrons. The minimum absolute atomic E-state index is 0.756. The monoisotopic (exact) mass is 313 g/mol. The number of aryl methyl sites for hydroxylation is 1. The predicted molar refractivity (Wildman–Crippen MR) is 88.8 cm³/mol. The van der Waals surface area contributed by atoms with E-state index < -0.39 is 0 Å². The molecule has 0 spiro atoms. The van der Waals surface area contributed by atoms with Crippen LogP contribution in [0.5, 0.6) is 0 Å². The molecule has 4 heterocycles. The zero-order valence-corrected chi connectivity index (χ0v) is 13.6. The van der Waals surface area contributed by atoms with Gasteiger partial charge in [0.2, 0.25) is 5.95 Å². The van der Waals surface area contributed by atoms with Gasteiger partial charge in [-0.25, -0.2) is 9.97 Å². The molecule has 0 N–H and O–H groups in total. The van der Waals surface area contributed by atoms with Gasteiger partial charge in [-0.2, -0.15) is 9.61 Å². The Hall–Kier alpha value is -1.69. The Morgan fingerprint density at radius 2 is 2.14 bits per heavy atom. The second kappa shape index (κ2) is 4.65. The molecule has 2 aliphatic rings. The summed E-state index contributed by atoms with van der Waals surface area (Å²) in [6.45, 7) is 4.50. The summed E-state index contributed by atoms with van der Waals surface area (Å²) in [5.74, 6) is 1.73. The lowest BCUT2D eigenvalue weighted by Gasteiger charge is -2.19. The van der Waals surface area contributed by atoms with E-state index in [9.17, 15) is 0 Å². The normalized spacial score (nSPS) is 21.9. The molecule has 1 aliphatic heterocycles. The van der Waals surface area contributed by atoms with Crippen LogP contribution in [0, 0.1) is 5.92 Å². The van der Waals surface area contributed by atoms with Gasteiger partial charge < -0.3 is 4.90 Å². The minimum atomic E-state index is 0.756. The van der Waals surface area contributed by atoms with Crippen molar-refractivity contribution in [2.75, 3.05) is 18.0 Å². The smallest absolute Gasteiger partial charge is 0.229 e. The van der Waals surface area contributed by atoms with Crippen LogP contribution in [0.1, 0.15) is 36.6 Å². The number of fused-ring (bicyclic) bond motifs is 5. The highest BCUT2D eigenvalue weighted by Crippen LogP contribution is 2.39. The molecule has 114 valence electrons. The Morgan fingerprint density at radius 3 is 3.00 bits per heavy atom. The predicted octanol–water partition coefficient (Wildman–Crippen LogP) is 3.06. The number of rotatable bonds is 1. The van der Waals surface area contributed by atoms with Gasteiger partial charge in [0.05, 0.1) is 5.39 Å². The van der Waals surface area contributed by atoms with Crippen LogP contribution in [0.15, 0.2) is 6.33 Å². The van der Waals surface area contributed by atoms with Crippen LogP contribution in [0.3, 0.4) is 0 Å². The molecule has 1 atom stereocenters. The van der Waals surface area contributed by atoms with Crippen LogP contribution in [0.4, 0.5) is 5.95 Å². The minimum Gasteiger partial charge on any atom is -0.341 e. The molecule has 5 nitrogen and oxygen atoms in total. The number of thiophene rings is 1. The van der Waals surface area contributed by atoms with Crippen LogP contribution >= 0.6 is 11.3 Å². The zero-order valence-electron chi connectivity index (χ0n) is 12.7. The van der Waals surface area contributed by atoms with Crippen molar-refractivity contribution in [2.45, 2.75) is 39.0 Å². The quantitative estimate of drug-likeness (QED) is 0.693. The lowest BCUT2D eigenvalue weighted by atomic mass is 9.89. The molecule has 5 rings (SSSR count). The van der Waals surface area contributed by atoms with Crippen molar-refractivity contribution in [3.63, 3.8) is 0 Å². The van der Waals surface area contributed by atoms with Gasteiger partial charge in [-0.1, -0.05) is 6.92 Å². The Balaban J connectivity index is 1.81. The van der Waals surface area contributed by atoms with Crippen LogP contribution in [0.2, 0.25) is 0 Å². The maximum Gasteiger partial charge on any atom is 0.229 e. The molecule has 1 unspecified atom stereocenters. The van der Waals surface area contributed by atoms with Gasteiger partial charge in [0.15, 0.2) is 5.65 Å². The summed E-state index contributed by atoms with van der Waals surface area (Å²) in [6, 6.07) is 0. The van der Waals surface area contributed by atoms with Crippen molar-refractivity contribution in [3.05, 3.63) is 16.8 Å². The van der Waals surface area contributed by atoms with Crippen LogP contribution in [0.25, 0.3) is 15.9 Å². The van der Waals surface area contributed by atoms with Crippen LogP contribution in [-0.2, 0) is 12.8 Å². The summed E-state index contributed by atoms with van der Waals surface area (Å²) < 4.78 is 1.96. The van der Waals surface area contributed by atoms with Gasteiger partial charge in [0.25, 0.3) is 0 Å². The molecule has 0 saturated carbocycles. The molecule has 6 heteroatoms. The molecule has 0 amide bonds. The maximum absolute atomic E-state index is 4.99.